The van der Waals surface area contributed by atoms with E-state index in [4.69, 9.17) is 4.74 Å². The van der Waals surface area contributed by atoms with E-state index in [1.807, 2.05) is 12.1 Å². The molecule has 2 aliphatic rings. The third-order valence-corrected chi connectivity index (χ3v) is 4.43. The first kappa shape index (κ1) is 12.9. The fourth-order valence-electron chi connectivity index (χ4n) is 3.35. The SMILES string of the molecule is COC(=O)c1cnc2c(c1)C[C@]1(C2)C(=O)Nc2ncccc21. The lowest BCUT2D eigenvalue weighted by Crippen LogP contribution is -2.35. The maximum Gasteiger partial charge on any atom is 0.339 e. The summed E-state index contributed by atoms with van der Waals surface area (Å²) in [5.74, 6) is 0.140. The number of fused-ring (bicyclic) bond motifs is 3. The molecule has 1 atom stereocenters. The lowest BCUT2D eigenvalue weighted by Gasteiger charge is -2.19. The fourth-order valence-corrected chi connectivity index (χ4v) is 3.35. The Hall–Kier alpha value is -2.76. The molecule has 1 aliphatic carbocycles. The molecule has 0 aromatic carbocycles. The second kappa shape index (κ2) is 4.37. The normalized spacial score (nSPS) is 21.4. The first-order valence-electron chi connectivity index (χ1n) is 6.97. The minimum Gasteiger partial charge on any atom is -0.465 e. The van der Waals surface area contributed by atoms with Crippen molar-refractivity contribution in [3.05, 3.63) is 53.0 Å². The second-order valence-corrected chi connectivity index (χ2v) is 5.61. The second-order valence-electron chi connectivity index (χ2n) is 5.61. The van der Waals surface area contributed by atoms with Crippen molar-refractivity contribution < 1.29 is 14.3 Å². The average molecular weight is 295 g/mol. The number of esters is 1. The van der Waals surface area contributed by atoms with Crippen LogP contribution in [0.4, 0.5) is 5.82 Å². The van der Waals surface area contributed by atoms with E-state index in [0.29, 0.717) is 24.2 Å². The van der Waals surface area contributed by atoms with Gasteiger partial charge in [0.1, 0.15) is 5.82 Å². The van der Waals surface area contributed by atoms with Crippen molar-refractivity contribution in [3.63, 3.8) is 0 Å². The summed E-state index contributed by atoms with van der Waals surface area (Å²) in [6, 6.07) is 5.52. The van der Waals surface area contributed by atoms with E-state index in [2.05, 4.69) is 15.3 Å². The van der Waals surface area contributed by atoms with E-state index >= 15 is 0 Å². The molecule has 1 amide bonds. The van der Waals surface area contributed by atoms with Crippen molar-refractivity contribution in [1.82, 2.24) is 9.97 Å². The Morgan fingerprint density at radius 1 is 1.36 bits per heavy atom. The molecule has 6 nitrogen and oxygen atoms in total. The molecule has 0 radical (unpaired) electrons. The number of amides is 1. The summed E-state index contributed by atoms with van der Waals surface area (Å²) in [7, 11) is 1.34. The van der Waals surface area contributed by atoms with Crippen LogP contribution >= 0.6 is 0 Å². The zero-order valence-electron chi connectivity index (χ0n) is 11.9. The Kier molecular flexibility index (Phi) is 2.57. The van der Waals surface area contributed by atoms with E-state index < -0.39 is 11.4 Å². The van der Waals surface area contributed by atoms with E-state index in [0.717, 1.165) is 16.8 Å². The molecule has 0 bridgehead atoms. The number of ether oxygens (including phenoxy) is 1. The Bertz CT molecular complexity index is 818. The highest BCUT2D eigenvalue weighted by atomic mass is 16.5. The number of carbonyl (C=O) groups is 2. The number of hydrogen-bond donors (Lipinski definition) is 1. The largest absolute Gasteiger partial charge is 0.465 e. The number of nitrogens with zero attached hydrogens (tertiary/aromatic N) is 2. The van der Waals surface area contributed by atoms with E-state index in [1.165, 1.54) is 13.3 Å². The molecule has 1 spiro atoms. The molecule has 4 rings (SSSR count). The number of carbonyl (C=O) groups excluding carboxylic acids is 2. The standard InChI is InChI=1S/C16H13N3O3/c1-22-14(20)10-5-9-6-16(7-12(9)18-8-10)11-3-2-4-17-13(11)19-15(16)21/h2-5,8H,6-7H2,1H3,(H,17,19,21)/t16-/m1/s1. The van der Waals surface area contributed by atoms with Gasteiger partial charge >= 0.3 is 5.97 Å². The quantitative estimate of drug-likeness (QED) is 0.801. The Morgan fingerprint density at radius 2 is 2.23 bits per heavy atom. The molecule has 3 heterocycles. The fraction of sp³-hybridized carbons (Fsp3) is 0.250. The van der Waals surface area contributed by atoms with Gasteiger partial charge in [-0.05, 0) is 24.1 Å². The summed E-state index contributed by atoms with van der Waals surface area (Å²) in [5, 5.41) is 2.84. The number of rotatable bonds is 1. The topological polar surface area (TPSA) is 81.2 Å². The monoisotopic (exact) mass is 295 g/mol. The highest BCUT2D eigenvalue weighted by Gasteiger charge is 2.51. The summed E-state index contributed by atoms with van der Waals surface area (Å²) < 4.78 is 4.72. The van der Waals surface area contributed by atoms with Gasteiger partial charge < -0.3 is 10.1 Å². The molecule has 0 unspecified atom stereocenters. The Labute approximate surface area is 126 Å². The van der Waals surface area contributed by atoms with E-state index in [-0.39, 0.29) is 5.91 Å². The van der Waals surface area contributed by atoms with Crippen LogP contribution in [0.5, 0.6) is 0 Å². The molecule has 0 saturated heterocycles. The highest BCUT2D eigenvalue weighted by molar-refractivity contribution is 6.06. The minimum absolute atomic E-state index is 0.0566. The van der Waals surface area contributed by atoms with Gasteiger partial charge in [-0.25, -0.2) is 9.78 Å². The number of hydrogen-bond acceptors (Lipinski definition) is 5. The number of pyridine rings is 2. The lowest BCUT2D eigenvalue weighted by atomic mass is 9.80. The number of methoxy groups -OCH3 is 1. The van der Waals surface area contributed by atoms with Gasteiger partial charge in [0, 0.05) is 30.1 Å². The van der Waals surface area contributed by atoms with Gasteiger partial charge in [0.15, 0.2) is 0 Å². The van der Waals surface area contributed by atoms with Crippen molar-refractivity contribution in [2.45, 2.75) is 18.3 Å². The number of anilines is 1. The van der Waals surface area contributed by atoms with Crippen molar-refractivity contribution in [2.24, 2.45) is 0 Å². The van der Waals surface area contributed by atoms with Crippen LogP contribution in [-0.2, 0) is 27.8 Å². The molecule has 0 saturated carbocycles. The third-order valence-electron chi connectivity index (χ3n) is 4.43. The van der Waals surface area contributed by atoms with Crippen molar-refractivity contribution in [2.75, 3.05) is 12.4 Å². The van der Waals surface area contributed by atoms with E-state index in [9.17, 15) is 9.59 Å². The van der Waals surface area contributed by atoms with Gasteiger partial charge in [-0.3, -0.25) is 9.78 Å². The van der Waals surface area contributed by atoms with Gasteiger partial charge in [-0.15, -0.1) is 0 Å². The first-order chi connectivity index (χ1) is 10.6. The summed E-state index contributed by atoms with van der Waals surface area (Å²) in [4.78, 5) is 32.7. The average Bonchev–Trinajstić information content (AvgIpc) is 3.05. The van der Waals surface area contributed by atoms with Gasteiger partial charge in [-0.2, -0.15) is 0 Å². The lowest BCUT2D eigenvalue weighted by molar-refractivity contribution is -0.120. The van der Waals surface area contributed by atoms with Crippen molar-refractivity contribution >= 4 is 17.7 Å². The number of nitrogens with one attached hydrogen (secondary N) is 1. The van der Waals surface area contributed by atoms with Crippen molar-refractivity contribution in [3.8, 4) is 0 Å². The van der Waals surface area contributed by atoms with Gasteiger partial charge in [-0.1, -0.05) is 6.07 Å². The van der Waals surface area contributed by atoms with Crippen LogP contribution in [0.15, 0.2) is 30.6 Å². The summed E-state index contributed by atoms with van der Waals surface area (Å²) in [5.41, 5.74) is 2.41. The zero-order chi connectivity index (χ0) is 15.3. The predicted octanol–water partition coefficient (Wildman–Crippen LogP) is 1.25. The molecule has 110 valence electrons. The van der Waals surface area contributed by atoms with Crippen LogP contribution in [0, 0.1) is 0 Å². The number of aromatic nitrogens is 2. The Morgan fingerprint density at radius 3 is 3.05 bits per heavy atom. The summed E-state index contributed by atoms with van der Waals surface area (Å²) in [6.45, 7) is 0. The molecule has 6 heteroatoms. The zero-order valence-corrected chi connectivity index (χ0v) is 11.9. The van der Waals surface area contributed by atoms with E-state index in [1.54, 1.807) is 12.3 Å². The van der Waals surface area contributed by atoms with Crippen LogP contribution < -0.4 is 5.32 Å². The van der Waals surface area contributed by atoms with Gasteiger partial charge in [0.25, 0.3) is 0 Å². The van der Waals surface area contributed by atoms with Gasteiger partial charge in [0.2, 0.25) is 5.91 Å². The first-order valence-corrected chi connectivity index (χ1v) is 6.97. The summed E-state index contributed by atoms with van der Waals surface area (Å²) >= 11 is 0. The van der Waals surface area contributed by atoms with Crippen molar-refractivity contribution in [1.29, 1.82) is 0 Å². The smallest absolute Gasteiger partial charge is 0.339 e. The third kappa shape index (κ3) is 1.60. The molecule has 2 aromatic rings. The molecular weight excluding hydrogens is 282 g/mol. The molecule has 0 fully saturated rings. The minimum atomic E-state index is -0.659. The van der Waals surface area contributed by atoms with Crippen LogP contribution in [0.3, 0.4) is 0 Å². The van der Waals surface area contributed by atoms with Gasteiger partial charge in [0.05, 0.1) is 18.1 Å². The molecule has 2 aromatic heterocycles. The maximum absolute atomic E-state index is 12.5. The molecule has 1 aliphatic heterocycles. The summed E-state index contributed by atoms with van der Waals surface area (Å²) in [6.07, 6.45) is 4.20. The Balaban J connectivity index is 1.79. The van der Waals surface area contributed by atoms with Crippen LogP contribution in [0.25, 0.3) is 0 Å². The molecule has 22 heavy (non-hydrogen) atoms. The van der Waals surface area contributed by atoms with Crippen LogP contribution in [-0.4, -0.2) is 29.0 Å². The maximum atomic E-state index is 12.5. The molecular formula is C16H13N3O3. The molecule has 1 N–H and O–H groups in total. The highest BCUT2D eigenvalue weighted by Crippen LogP contribution is 2.45. The van der Waals surface area contributed by atoms with Crippen LogP contribution in [0.1, 0.15) is 27.2 Å². The predicted molar refractivity (Wildman–Crippen MR) is 77.5 cm³/mol. The van der Waals surface area contributed by atoms with Crippen LogP contribution in [0.2, 0.25) is 0 Å².